The van der Waals surface area contributed by atoms with Crippen LogP contribution in [0.3, 0.4) is 0 Å². The van der Waals surface area contributed by atoms with Crippen LogP contribution in [0, 0.1) is 0 Å². The van der Waals surface area contributed by atoms with Crippen molar-refractivity contribution < 1.29 is 9.47 Å². The summed E-state index contributed by atoms with van der Waals surface area (Å²) >= 11 is 5.92. The second-order valence-electron chi connectivity index (χ2n) is 4.31. The molecule has 0 saturated carbocycles. The SMILES string of the molecule is Clc1ccc2nnc(-c3ccc4c(c3)OCCO4)n2n1. The summed E-state index contributed by atoms with van der Waals surface area (Å²) in [5.74, 6) is 2.05. The maximum atomic E-state index is 5.92. The van der Waals surface area contributed by atoms with Crippen molar-refractivity contribution >= 4 is 17.2 Å². The van der Waals surface area contributed by atoms with E-state index in [1.807, 2.05) is 18.2 Å². The highest BCUT2D eigenvalue weighted by Crippen LogP contribution is 2.33. The van der Waals surface area contributed by atoms with Gasteiger partial charge in [-0.25, -0.2) is 0 Å². The van der Waals surface area contributed by atoms with E-state index in [2.05, 4.69) is 15.3 Å². The van der Waals surface area contributed by atoms with Crippen molar-refractivity contribution in [2.45, 2.75) is 0 Å². The Morgan fingerprint density at radius 1 is 1.00 bits per heavy atom. The van der Waals surface area contributed by atoms with Gasteiger partial charge >= 0.3 is 0 Å². The Bertz CT molecular complexity index is 802. The summed E-state index contributed by atoms with van der Waals surface area (Å²) in [6.07, 6.45) is 0. The number of ether oxygens (including phenoxy) is 2. The fourth-order valence-corrected chi connectivity index (χ4v) is 2.27. The molecule has 7 heteroatoms. The Balaban J connectivity index is 1.88. The van der Waals surface area contributed by atoms with E-state index in [0.717, 1.165) is 11.3 Å². The minimum absolute atomic E-state index is 0.385. The fourth-order valence-electron chi connectivity index (χ4n) is 2.13. The maximum Gasteiger partial charge on any atom is 0.185 e. The predicted molar refractivity (Wildman–Crippen MR) is 72.2 cm³/mol. The van der Waals surface area contributed by atoms with Gasteiger partial charge in [0.05, 0.1) is 0 Å². The van der Waals surface area contributed by atoms with E-state index in [9.17, 15) is 0 Å². The number of fused-ring (bicyclic) bond motifs is 2. The molecule has 100 valence electrons. The van der Waals surface area contributed by atoms with E-state index in [0.29, 0.717) is 35.6 Å². The van der Waals surface area contributed by atoms with Gasteiger partial charge in [0.25, 0.3) is 0 Å². The third-order valence-corrected chi connectivity index (χ3v) is 3.23. The highest BCUT2D eigenvalue weighted by molar-refractivity contribution is 6.29. The first-order valence-corrected chi connectivity index (χ1v) is 6.47. The lowest BCUT2D eigenvalue weighted by molar-refractivity contribution is 0.171. The van der Waals surface area contributed by atoms with Crippen LogP contribution >= 0.6 is 11.6 Å². The standard InChI is InChI=1S/C13H9ClN4O2/c14-11-3-4-12-15-16-13(18(12)17-11)8-1-2-9-10(7-8)20-6-5-19-9/h1-4,7H,5-6H2. The molecule has 0 saturated heterocycles. The molecule has 2 aromatic heterocycles. The van der Waals surface area contributed by atoms with E-state index in [1.54, 1.807) is 16.6 Å². The van der Waals surface area contributed by atoms with E-state index >= 15 is 0 Å². The lowest BCUT2D eigenvalue weighted by Crippen LogP contribution is -2.15. The molecule has 0 aliphatic carbocycles. The van der Waals surface area contributed by atoms with Crippen LogP contribution in [0.2, 0.25) is 5.15 Å². The topological polar surface area (TPSA) is 61.5 Å². The quantitative estimate of drug-likeness (QED) is 0.687. The zero-order valence-electron chi connectivity index (χ0n) is 10.3. The summed E-state index contributed by atoms with van der Waals surface area (Å²) in [5.41, 5.74) is 1.48. The van der Waals surface area contributed by atoms with Crippen LogP contribution in [0.1, 0.15) is 0 Å². The first-order chi connectivity index (χ1) is 9.81. The van der Waals surface area contributed by atoms with Crippen LogP contribution in [-0.4, -0.2) is 33.0 Å². The number of aromatic nitrogens is 4. The number of hydrogen-bond donors (Lipinski definition) is 0. The molecule has 6 nitrogen and oxygen atoms in total. The summed E-state index contributed by atoms with van der Waals surface area (Å²) in [5, 5.41) is 12.8. The van der Waals surface area contributed by atoms with Crippen molar-refractivity contribution in [3.8, 4) is 22.9 Å². The molecule has 0 spiro atoms. The monoisotopic (exact) mass is 288 g/mol. The summed E-state index contributed by atoms with van der Waals surface area (Å²) in [6.45, 7) is 1.11. The smallest absolute Gasteiger partial charge is 0.185 e. The van der Waals surface area contributed by atoms with Gasteiger partial charge in [-0.1, -0.05) is 11.6 Å². The summed E-state index contributed by atoms with van der Waals surface area (Å²) < 4.78 is 12.7. The molecule has 1 aromatic carbocycles. The number of rotatable bonds is 1. The van der Waals surface area contributed by atoms with Gasteiger partial charge in [-0.15, -0.1) is 10.2 Å². The Kier molecular flexibility index (Phi) is 2.50. The molecule has 1 aliphatic heterocycles. The lowest BCUT2D eigenvalue weighted by Gasteiger charge is -2.18. The molecular formula is C13H9ClN4O2. The zero-order valence-corrected chi connectivity index (χ0v) is 11.0. The minimum Gasteiger partial charge on any atom is -0.486 e. The fraction of sp³-hybridized carbons (Fsp3) is 0.154. The number of hydrogen-bond acceptors (Lipinski definition) is 5. The number of benzene rings is 1. The van der Waals surface area contributed by atoms with Crippen molar-refractivity contribution in [2.24, 2.45) is 0 Å². The predicted octanol–water partition coefficient (Wildman–Crippen LogP) is 2.22. The van der Waals surface area contributed by atoms with Gasteiger partial charge in [-0.05, 0) is 30.3 Å². The first-order valence-electron chi connectivity index (χ1n) is 6.09. The van der Waals surface area contributed by atoms with Gasteiger partial charge in [0.1, 0.15) is 18.4 Å². The molecule has 0 atom stereocenters. The van der Waals surface area contributed by atoms with Gasteiger partial charge in [0.2, 0.25) is 0 Å². The van der Waals surface area contributed by atoms with Crippen molar-refractivity contribution in [2.75, 3.05) is 13.2 Å². The molecule has 20 heavy (non-hydrogen) atoms. The Hall–Kier alpha value is -2.34. The minimum atomic E-state index is 0.385. The van der Waals surface area contributed by atoms with Crippen molar-refractivity contribution in [1.29, 1.82) is 0 Å². The lowest BCUT2D eigenvalue weighted by atomic mass is 10.2. The molecule has 0 N–H and O–H groups in total. The van der Waals surface area contributed by atoms with Crippen LogP contribution in [-0.2, 0) is 0 Å². The number of halogens is 1. The highest BCUT2D eigenvalue weighted by atomic mass is 35.5. The summed E-state index contributed by atoms with van der Waals surface area (Å²) in [4.78, 5) is 0. The average Bonchev–Trinajstić information content (AvgIpc) is 2.89. The third-order valence-electron chi connectivity index (χ3n) is 3.03. The molecule has 1 aliphatic rings. The molecule has 0 fully saturated rings. The van der Waals surface area contributed by atoms with E-state index in [4.69, 9.17) is 21.1 Å². The summed E-state index contributed by atoms with van der Waals surface area (Å²) in [6, 6.07) is 9.07. The molecule has 3 heterocycles. The van der Waals surface area contributed by atoms with Crippen LogP contribution in [0.25, 0.3) is 17.0 Å². The van der Waals surface area contributed by atoms with E-state index < -0.39 is 0 Å². The molecule has 0 bridgehead atoms. The van der Waals surface area contributed by atoms with Crippen LogP contribution in [0.15, 0.2) is 30.3 Å². The van der Waals surface area contributed by atoms with Crippen molar-refractivity contribution in [3.05, 3.63) is 35.5 Å². The third kappa shape index (κ3) is 1.77. The van der Waals surface area contributed by atoms with Crippen molar-refractivity contribution in [1.82, 2.24) is 19.8 Å². The average molecular weight is 289 g/mol. The van der Waals surface area contributed by atoms with Gasteiger partial charge < -0.3 is 9.47 Å². The van der Waals surface area contributed by atoms with Crippen molar-refractivity contribution in [3.63, 3.8) is 0 Å². The van der Waals surface area contributed by atoms with Crippen LogP contribution < -0.4 is 9.47 Å². The largest absolute Gasteiger partial charge is 0.486 e. The van der Waals surface area contributed by atoms with Crippen LogP contribution in [0.5, 0.6) is 11.5 Å². The maximum absolute atomic E-state index is 5.92. The van der Waals surface area contributed by atoms with Gasteiger partial charge in [0, 0.05) is 5.56 Å². The molecule has 0 unspecified atom stereocenters. The highest BCUT2D eigenvalue weighted by Gasteiger charge is 2.15. The normalized spacial score (nSPS) is 13.7. The Morgan fingerprint density at radius 3 is 2.75 bits per heavy atom. The first kappa shape index (κ1) is 11.5. The molecule has 4 rings (SSSR count). The van der Waals surface area contributed by atoms with Crippen LogP contribution in [0.4, 0.5) is 0 Å². The number of nitrogens with zero attached hydrogens (tertiary/aromatic N) is 4. The molecular weight excluding hydrogens is 280 g/mol. The molecule has 3 aromatic rings. The molecule has 0 radical (unpaired) electrons. The van der Waals surface area contributed by atoms with Gasteiger partial charge in [-0.3, -0.25) is 0 Å². The van der Waals surface area contributed by atoms with E-state index in [1.165, 1.54) is 0 Å². The summed E-state index contributed by atoms with van der Waals surface area (Å²) in [7, 11) is 0. The van der Waals surface area contributed by atoms with Gasteiger partial charge in [-0.2, -0.15) is 9.61 Å². The van der Waals surface area contributed by atoms with E-state index in [-0.39, 0.29) is 0 Å². The Labute approximate surface area is 118 Å². The molecule has 0 amide bonds. The zero-order chi connectivity index (χ0) is 13.5. The second kappa shape index (κ2) is 4.35. The second-order valence-corrected chi connectivity index (χ2v) is 4.70. The van der Waals surface area contributed by atoms with Gasteiger partial charge in [0.15, 0.2) is 23.0 Å². The Morgan fingerprint density at radius 2 is 1.85 bits per heavy atom.